The van der Waals surface area contributed by atoms with E-state index in [0.29, 0.717) is 10.2 Å². The Morgan fingerprint density at radius 3 is 2.76 bits per heavy atom. The maximum atomic E-state index is 13.3. The van der Waals surface area contributed by atoms with Crippen LogP contribution in [0.15, 0.2) is 39.2 Å². The largest absolute Gasteiger partial charge is 0.331 e. The number of hydrogen-bond acceptors (Lipinski definition) is 4. The van der Waals surface area contributed by atoms with Gasteiger partial charge in [-0.05, 0) is 36.6 Å². The van der Waals surface area contributed by atoms with Gasteiger partial charge >= 0.3 is 5.69 Å². The zero-order valence-corrected chi connectivity index (χ0v) is 14.7. The van der Waals surface area contributed by atoms with Gasteiger partial charge in [0.2, 0.25) is 5.91 Å². The van der Waals surface area contributed by atoms with E-state index in [0.717, 1.165) is 10.6 Å². The predicted molar refractivity (Wildman–Crippen MR) is 96.1 cm³/mol. The van der Waals surface area contributed by atoms with Gasteiger partial charge in [0.25, 0.3) is 5.56 Å². The van der Waals surface area contributed by atoms with Gasteiger partial charge in [-0.25, -0.2) is 9.18 Å². The third-order valence-electron chi connectivity index (χ3n) is 3.66. The molecular formula is C16H13ClFN3O3S. The Kier molecular flexibility index (Phi) is 4.73. The fraction of sp³-hybridized carbons (Fsp3) is 0.188. The number of aromatic nitrogens is 2. The molecule has 0 aliphatic carbocycles. The minimum absolute atomic E-state index is 0.116. The van der Waals surface area contributed by atoms with Crippen molar-refractivity contribution in [3.8, 4) is 0 Å². The third-order valence-corrected chi connectivity index (χ3v) is 4.88. The van der Waals surface area contributed by atoms with E-state index in [-0.39, 0.29) is 29.4 Å². The Labute approximate surface area is 150 Å². The monoisotopic (exact) mass is 381 g/mol. The molecule has 9 heteroatoms. The molecule has 0 spiro atoms. The van der Waals surface area contributed by atoms with Crippen molar-refractivity contribution in [3.63, 3.8) is 0 Å². The highest BCUT2D eigenvalue weighted by molar-refractivity contribution is 7.17. The molecule has 1 N–H and O–H groups in total. The summed E-state index contributed by atoms with van der Waals surface area (Å²) in [5, 5.41) is 4.35. The number of benzene rings is 1. The lowest BCUT2D eigenvalue weighted by Crippen LogP contribution is -2.40. The number of amides is 1. The molecule has 0 bridgehead atoms. The van der Waals surface area contributed by atoms with E-state index in [1.54, 1.807) is 18.4 Å². The fourth-order valence-corrected chi connectivity index (χ4v) is 3.50. The van der Waals surface area contributed by atoms with E-state index >= 15 is 0 Å². The fourth-order valence-electron chi connectivity index (χ4n) is 2.49. The standard InChI is InChI=1S/C16H13ClFN3O3S/c1-2-20-15(23)14-12(5-6-25-14)21(16(20)24)8-13(22)19-11-7-9(18)3-4-10(11)17/h3-7H,2,8H2,1H3,(H,19,22). The number of thiophene rings is 1. The first-order valence-electron chi connectivity index (χ1n) is 7.38. The van der Waals surface area contributed by atoms with Crippen LogP contribution in [0.4, 0.5) is 10.1 Å². The molecule has 0 atom stereocenters. The maximum absolute atomic E-state index is 13.3. The van der Waals surface area contributed by atoms with Gasteiger partial charge in [-0.15, -0.1) is 11.3 Å². The quantitative estimate of drug-likeness (QED) is 0.755. The minimum atomic E-state index is -0.570. The highest BCUT2D eigenvalue weighted by Crippen LogP contribution is 2.22. The van der Waals surface area contributed by atoms with Gasteiger partial charge in [0, 0.05) is 6.54 Å². The number of fused-ring (bicyclic) bond motifs is 1. The summed E-state index contributed by atoms with van der Waals surface area (Å²) in [4.78, 5) is 37.1. The molecule has 6 nitrogen and oxygen atoms in total. The van der Waals surface area contributed by atoms with Crippen LogP contribution in [0.3, 0.4) is 0 Å². The van der Waals surface area contributed by atoms with Crippen LogP contribution in [0.1, 0.15) is 6.92 Å². The molecule has 130 valence electrons. The molecule has 0 saturated heterocycles. The van der Waals surface area contributed by atoms with Crippen molar-refractivity contribution < 1.29 is 9.18 Å². The highest BCUT2D eigenvalue weighted by atomic mass is 35.5. The van der Waals surface area contributed by atoms with Crippen molar-refractivity contribution in [2.24, 2.45) is 0 Å². The Morgan fingerprint density at radius 2 is 2.04 bits per heavy atom. The summed E-state index contributed by atoms with van der Waals surface area (Å²) in [6.07, 6.45) is 0. The third kappa shape index (κ3) is 3.22. The van der Waals surface area contributed by atoms with Gasteiger partial charge in [-0.3, -0.25) is 18.7 Å². The van der Waals surface area contributed by atoms with Crippen LogP contribution < -0.4 is 16.6 Å². The summed E-state index contributed by atoms with van der Waals surface area (Å²) < 4.78 is 16.0. The lowest BCUT2D eigenvalue weighted by atomic mass is 10.3. The molecule has 25 heavy (non-hydrogen) atoms. The average molecular weight is 382 g/mol. The van der Waals surface area contributed by atoms with Crippen LogP contribution in [0.2, 0.25) is 5.02 Å². The number of nitrogens with one attached hydrogen (secondary N) is 1. The summed E-state index contributed by atoms with van der Waals surface area (Å²) in [6, 6.07) is 5.21. The molecule has 3 aromatic rings. The lowest BCUT2D eigenvalue weighted by Gasteiger charge is -2.12. The topological polar surface area (TPSA) is 73.1 Å². The summed E-state index contributed by atoms with van der Waals surface area (Å²) in [5.41, 5.74) is -0.434. The molecule has 0 radical (unpaired) electrons. The maximum Gasteiger partial charge on any atom is 0.331 e. The first kappa shape index (κ1) is 17.4. The first-order chi connectivity index (χ1) is 11.9. The van der Waals surface area contributed by atoms with E-state index in [1.165, 1.54) is 28.0 Å². The molecule has 0 aliphatic rings. The summed E-state index contributed by atoms with van der Waals surface area (Å²) in [6.45, 7) is 1.56. The Morgan fingerprint density at radius 1 is 1.28 bits per heavy atom. The van der Waals surface area contributed by atoms with Gasteiger partial charge in [0.05, 0.1) is 16.2 Å². The van der Waals surface area contributed by atoms with Crippen molar-refractivity contribution in [1.82, 2.24) is 9.13 Å². The van der Waals surface area contributed by atoms with E-state index in [9.17, 15) is 18.8 Å². The van der Waals surface area contributed by atoms with E-state index < -0.39 is 17.4 Å². The molecule has 2 aromatic heterocycles. The van der Waals surface area contributed by atoms with Crippen LogP contribution in [-0.2, 0) is 17.9 Å². The van der Waals surface area contributed by atoms with Gasteiger partial charge in [0.15, 0.2) is 0 Å². The number of carbonyl (C=O) groups excluding carboxylic acids is 1. The van der Waals surface area contributed by atoms with Crippen molar-refractivity contribution in [3.05, 3.63) is 61.3 Å². The normalized spacial score (nSPS) is 11.0. The number of nitrogens with zero attached hydrogens (tertiary/aromatic N) is 2. The SMILES string of the molecule is CCn1c(=O)c2sccc2n(CC(=O)Nc2cc(F)ccc2Cl)c1=O. The first-order valence-corrected chi connectivity index (χ1v) is 8.64. The molecule has 1 aromatic carbocycles. The highest BCUT2D eigenvalue weighted by Gasteiger charge is 2.16. The lowest BCUT2D eigenvalue weighted by molar-refractivity contribution is -0.116. The zero-order chi connectivity index (χ0) is 18.1. The van der Waals surface area contributed by atoms with Crippen LogP contribution in [0, 0.1) is 5.82 Å². The average Bonchev–Trinajstić information content (AvgIpc) is 3.05. The predicted octanol–water partition coefficient (Wildman–Crippen LogP) is 2.68. The van der Waals surface area contributed by atoms with E-state index in [4.69, 9.17) is 11.6 Å². The minimum Gasteiger partial charge on any atom is -0.323 e. The number of hydrogen-bond donors (Lipinski definition) is 1. The van der Waals surface area contributed by atoms with Crippen LogP contribution in [0.25, 0.3) is 10.2 Å². The van der Waals surface area contributed by atoms with Gasteiger partial charge in [-0.2, -0.15) is 0 Å². The van der Waals surface area contributed by atoms with Crippen molar-refractivity contribution in [1.29, 1.82) is 0 Å². The van der Waals surface area contributed by atoms with Crippen molar-refractivity contribution >= 4 is 44.7 Å². The molecule has 1 amide bonds. The smallest absolute Gasteiger partial charge is 0.323 e. The molecule has 0 unspecified atom stereocenters. The molecule has 0 aliphatic heterocycles. The van der Waals surface area contributed by atoms with Crippen LogP contribution in [-0.4, -0.2) is 15.0 Å². The van der Waals surface area contributed by atoms with Gasteiger partial charge in [-0.1, -0.05) is 11.6 Å². The van der Waals surface area contributed by atoms with Crippen LogP contribution in [0.5, 0.6) is 0 Å². The Hall–Kier alpha value is -2.45. The summed E-state index contributed by atoms with van der Waals surface area (Å²) >= 11 is 7.13. The number of carbonyl (C=O) groups is 1. The summed E-state index contributed by atoms with van der Waals surface area (Å²) in [7, 11) is 0. The number of rotatable bonds is 4. The second-order valence-corrected chi connectivity index (χ2v) is 6.55. The van der Waals surface area contributed by atoms with E-state index in [1.807, 2.05) is 0 Å². The number of halogens is 2. The van der Waals surface area contributed by atoms with Gasteiger partial charge < -0.3 is 5.32 Å². The Bertz CT molecular complexity index is 1090. The van der Waals surface area contributed by atoms with Gasteiger partial charge in [0.1, 0.15) is 17.1 Å². The van der Waals surface area contributed by atoms with E-state index in [2.05, 4.69) is 5.32 Å². The number of anilines is 1. The second-order valence-electron chi connectivity index (χ2n) is 5.23. The van der Waals surface area contributed by atoms with Crippen molar-refractivity contribution in [2.45, 2.75) is 20.0 Å². The molecule has 2 heterocycles. The molecular weight excluding hydrogens is 369 g/mol. The molecule has 3 rings (SSSR count). The molecule has 0 saturated carbocycles. The molecule has 0 fully saturated rings. The van der Waals surface area contributed by atoms with Crippen LogP contribution >= 0.6 is 22.9 Å². The summed E-state index contributed by atoms with van der Waals surface area (Å²) in [5.74, 6) is -1.10. The zero-order valence-electron chi connectivity index (χ0n) is 13.1. The van der Waals surface area contributed by atoms with Crippen molar-refractivity contribution in [2.75, 3.05) is 5.32 Å². The second kappa shape index (κ2) is 6.81. The Balaban J connectivity index is 1.99.